The van der Waals surface area contributed by atoms with Gasteiger partial charge >= 0.3 is 11.9 Å². The van der Waals surface area contributed by atoms with Gasteiger partial charge in [0.25, 0.3) is 0 Å². The first-order chi connectivity index (χ1) is 8.11. The van der Waals surface area contributed by atoms with Gasteiger partial charge in [-0.25, -0.2) is 9.59 Å². The number of carboxylic acid groups (broad SMARTS) is 2. The molecule has 17 heavy (non-hydrogen) atoms. The van der Waals surface area contributed by atoms with E-state index in [4.69, 9.17) is 10.2 Å². The molecule has 0 radical (unpaired) electrons. The summed E-state index contributed by atoms with van der Waals surface area (Å²) in [4.78, 5) is 23.7. The molecule has 0 bridgehead atoms. The molecule has 0 amide bonds. The molecule has 1 saturated heterocycles. The van der Waals surface area contributed by atoms with Crippen LogP contribution in [0.3, 0.4) is 0 Å². The van der Waals surface area contributed by atoms with Gasteiger partial charge in [0.15, 0.2) is 0 Å². The molecule has 1 aromatic carbocycles. The maximum Gasteiger partial charge on any atom is 0.326 e. The second-order valence-corrected chi connectivity index (χ2v) is 4.03. The van der Waals surface area contributed by atoms with Crippen molar-refractivity contribution in [1.29, 1.82) is 0 Å². The predicted molar refractivity (Wildman–Crippen MR) is 61.0 cm³/mol. The number of hydrogen-bond donors (Lipinski definition) is 2. The van der Waals surface area contributed by atoms with Gasteiger partial charge in [0, 0.05) is 5.69 Å². The van der Waals surface area contributed by atoms with Crippen LogP contribution in [0.4, 0.5) is 5.69 Å². The largest absolute Gasteiger partial charge is 0.480 e. The van der Waals surface area contributed by atoms with Gasteiger partial charge in [-0.3, -0.25) is 0 Å². The van der Waals surface area contributed by atoms with Crippen molar-refractivity contribution in [2.45, 2.75) is 24.9 Å². The summed E-state index contributed by atoms with van der Waals surface area (Å²) in [6.07, 6.45) is 0.725. The van der Waals surface area contributed by atoms with Gasteiger partial charge in [-0.05, 0) is 25.0 Å². The van der Waals surface area contributed by atoms with Crippen molar-refractivity contribution in [2.75, 3.05) is 4.90 Å². The maximum atomic E-state index is 11.1. The molecule has 0 aliphatic carbocycles. The summed E-state index contributed by atoms with van der Waals surface area (Å²) in [6.45, 7) is 0. The van der Waals surface area contributed by atoms with Crippen LogP contribution in [0, 0.1) is 0 Å². The van der Waals surface area contributed by atoms with Gasteiger partial charge in [0.05, 0.1) is 0 Å². The van der Waals surface area contributed by atoms with E-state index in [1.807, 2.05) is 6.07 Å². The van der Waals surface area contributed by atoms with Crippen LogP contribution in [-0.4, -0.2) is 34.2 Å². The van der Waals surface area contributed by atoms with Crippen molar-refractivity contribution < 1.29 is 19.8 Å². The minimum atomic E-state index is -0.974. The first-order valence-corrected chi connectivity index (χ1v) is 5.40. The summed E-state index contributed by atoms with van der Waals surface area (Å²) in [5.41, 5.74) is 0.643. The summed E-state index contributed by atoms with van der Waals surface area (Å²) in [7, 11) is 0. The van der Waals surface area contributed by atoms with E-state index in [2.05, 4.69) is 0 Å². The highest BCUT2D eigenvalue weighted by atomic mass is 16.4. The van der Waals surface area contributed by atoms with E-state index in [9.17, 15) is 9.59 Å². The lowest BCUT2D eigenvalue weighted by molar-refractivity contribution is -0.139. The van der Waals surface area contributed by atoms with E-state index in [-0.39, 0.29) is 0 Å². The SMILES string of the molecule is O=C(O)[C@H]1CC[C@@H](C(=O)O)N1c1ccccc1. The van der Waals surface area contributed by atoms with Crippen molar-refractivity contribution in [3.05, 3.63) is 30.3 Å². The zero-order valence-corrected chi connectivity index (χ0v) is 9.11. The molecule has 1 heterocycles. The van der Waals surface area contributed by atoms with Crippen LogP contribution >= 0.6 is 0 Å². The van der Waals surface area contributed by atoms with E-state index in [0.29, 0.717) is 18.5 Å². The third-order valence-corrected chi connectivity index (χ3v) is 3.01. The molecule has 1 aromatic rings. The Labute approximate surface area is 98.3 Å². The average molecular weight is 235 g/mol. The third kappa shape index (κ3) is 2.08. The number of benzene rings is 1. The highest BCUT2D eigenvalue weighted by Crippen LogP contribution is 2.30. The number of hydrogen-bond acceptors (Lipinski definition) is 3. The Morgan fingerprint density at radius 1 is 1.00 bits per heavy atom. The molecule has 0 aromatic heterocycles. The van der Waals surface area contributed by atoms with Crippen LogP contribution in [-0.2, 0) is 9.59 Å². The fraction of sp³-hybridized carbons (Fsp3) is 0.333. The fourth-order valence-electron chi connectivity index (χ4n) is 2.26. The van der Waals surface area contributed by atoms with Gasteiger partial charge in [-0.1, -0.05) is 18.2 Å². The van der Waals surface area contributed by atoms with Gasteiger partial charge in [0.1, 0.15) is 12.1 Å². The van der Waals surface area contributed by atoms with Gasteiger partial charge < -0.3 is 15.1 Å². The van der Waals surface area contributed by atoms with E-state index < -0.39 is 24.0 Å². The van der Waals surface area contributed by atoms with Crippen molar-refractivity contribution in [1.82, 2.24) is 0 Å². The molecule has 1 aliphatic rings. The zero-order valence-electron chi connectivity index (χ0n) is 9.11. The first kappa shape index (κ1) is 11.4. The fourth-order valence-corrected chi connectivity index (χ4v) is 2.26. The van der Waals surface area contributed by atoms with Crippen molar-refractivity contribution in [3.63, 3.8) is 0 Å². The predicted octanol–water partition coefficient (Wildman–Crippen LogP) is 1.19. The Bertz CT molecular complexity index is 409. The van der Waals surface area contributed by atoms with E-state index in [1.54, 1.807) is 24.3 Å². The van der Waals surface area contributed by atoms with Crippen LogP contribution in [0.15, 0.2) is 30.3 Å². The Hall–Kier alpha value is -2.04. The second kappa shape index (κ2) is 4.45. The van der Waals surface area contributed by atoms with Crippen molar-refractivity contribution in [3.8, 4) is 0 Å². The smallest absolute Gasteiger partial charge is 0.326 e. The standard InChI is InChI=1S/C12H13NO4/c14-11(15)9-6-7-10(12(16)17)13(9)8-4-2-1-3-5-8/h1-5,9-10H,6-7H2,(H,14,15)(H,16,17)/t9-,10+. The highest BCUT2D eigenvalue weighted by Gasteiger charge is 2.41. The quantitative estimate of drug-likeness (QED) is 0.822. The Morgan fingerprint density at radius 2 is 1.47 bits per heavy atom. The molecule has 1 aliphatic heterocycles. The van der Waals surface area contributed by atoms with Crippen LogP contribution < -0.4 is 4.90 Å². The second-order valence-electron chi connectivity index (χ2n) is 4.03. The average Bonchev–Trinajstić information content (AvgIpc) is 2.74. The summed E-state index contributed by atoms with van der Waals surface area (Å²) in [6, 6.07) is 7.31. The van der Waals surface area contributed by atoms with Gasteiger partial charge in [-0.15, -0.1) is 0 Å². The molecule has 2 N–H and O–H groups in total. The van der Waals surface area contributed by atoms with Crippen LogP contribution in [0.25, 0.3) is 0 Å². The maximum absolute atomic E-state index is 11.1. The molecule has 1 fully saturated rings. The summed E-state index contributed by atoms with van der Waals surface area (Å²) < 4.78 is 0. The lowest BCUT2D eigenvalue weighted by Crippen LogP contribution is -2.44. The topological polar surface area (TPSA) is 77.8 Å². The molecule has 0 saturated carbocycles. The number of carboxylic acids is 2. The Balaban J connectivity index is 2.36. The molecule has 2 rings (SSSR count). The Kier molecular flexibility index (Phi) is 2.99. The highest BCUT2D eigenvalue weighted by molar-refractivity contribution is 5.86. The van der Waals surface area contributed by atoms with Gasteiger partial charge in [0.2, 0.25) is 0 Å². The van der Waals surface area contributed by atoms with Crippen LogP contribution in [0.5, 0.6) is 0 Å². The molecule has 90 valence electrons. The number of anilines is 1. The number of para-hydroxylation sites is 1. The molecular formula is C12H13NO4. The summed E-state index contributed by atoms with van der Waals surface area (Å²) in [5.74, 6) is -1.95. The number of carbonyl (C=O) groups is 2. The van der Waals surface area contributed by atoms with Gasteiger partial charge in [-0.2, -0.15) is 0 Å². The van der Waals surface area contributed by atoms with E-state index >= 15 is 0 Å². The summed E-state index contributed by atoms with van der Waals surface area (Å²) in [5, 5.41) is 18.2. The Morgan fingerprint density at radius 3 is 1.88 bits per heavy atom. The zero-order chi connectivity index (χ0) is 12.4. The van der Waals surface area contributed by atoms with Crippen molar-refractivity contribution >= 4 is 17.6 Å². The molecule has 0 spiro atoms. The van der Waals surface area contributed by atoms with Crippen LogP contribution in [0.2, 0.25) is 0 Å². The van der Waals surface area contributed by atoms with E-state index in [1.165, 1.54) is 4.90 Å². The lowest BCUT2D eigenvalue weighted by atomic mass is 10.2. The molecule has 2 atom stereocenters. The lowest BCUT2D eigenvalue weighted by Gasteiger charge is -2.27. The molecule has 0 unspecified atom stereocenters. The van der Waals surface area contributed by atoms with Crippen LogP contribution in [0.1, 0.15) is 12.8 Å². The number of aliphatic carboxylic acids is 2. The minimum absolute atomic E-state index is 0.362. The normalized spacial score (nSPS) is 23.6. The number of rotatable bonds is 3. The monoisotopic (exact) mass is 235 g/mol. The molecule has 5 nitrogen and oxygen atoms in total. The summed E-state index contributed by atoms with van der Waals surface area (Å²) >= 11 is 0. The molecule has 5 heteroatoms. The first-order valence-electron chi connectivity index (χ1n) is 5.40. The number of nitrogens with zero attached hydrogens (tertiary/aromatic N) is 1. The van der Waals surface area contributed by atoms with E-state index in [0.717, 1.165) is 0 Å². The third-order valence-electron chi connectivity index (χ3n) is 3.01. The molecular weight excluding hydrogens is 222 g/mol. The minimum Gasteiger partial charge on any atom is -0.480 e. The van der Waals surface area contributed by atoms with Crippen molar-refractivity contribution in [2.24, 2.45) is 0 Å².